The van der Waals surface area contributed by atoms with Crippen LogP contribution in [0.4, 0.5) is 5.82 Å². The zero-order chi connectivity index (χ0) is 10.7. The first kappa shape index (κ1) is 10.3. The van der Waals surface area contributed by atoms with E-state index in [1.807, 2.05) is 12.3 Å². The Labute approximate surface area is 96.4 Å². The highest BCUT2D eigenvalue weighted by molar-refractivity contribution is 7.09. The van der Waals surface area contributed by atoms with Gasteiger partial charge in [-0.2, -0.15) is 0 Å². The second-order valence-corrected chi connectivity index (χ2v) is 4.28. The van der Waals surface area contributed by atoms with Gasteiger partial charge in [0.1, 0.15) is 22.3 Å². The van der Waals surface area contributed by atoms with Crippen molar-refractivity contribution in [3.8, 4) is 0 Å². The maximum Gasteiger partial charge on any atom is 0.134 e. The molecule has 0 radical (unpaired) electrons. The van der Waals surface area contributed by atoms with E-state index in [2.05, 4.69) is 20.3 Å². The van der Waals surface area contributed by atoms with Crippen molar-refractivity contribution in [2.45, 2.75) is 13.0 Å². The van der Waals surface area contributed by atoms with Gasteiger partial charge >= 0.3 is 0 Å². The second-order valence-electron chi connectivity index (χ2n) is 2.96. The molecule has 6 heteroatoms. The molecule has 0 fully saturated rings. The average molecular weight is 241 g/mol. The maximum atomic E-state index is 5.75. The Bertz CT molecular complexity index is 431. The van der Waals surface area contributed by atoms with Crippen molar-refractivity contribution in [3.05, 3.63) is 34.1 Å². The zero-order valence-corrected chi connectivity index (χ0v) is 9.59. The number of hydrogen-bond donors (Lipinski definition) is 1. The fraction of sp³-hybridized carbons (Fsp3) is 0.222. The summed E-state index contributed by atoms with van der Waals surface area (Å²) in [6.07, 6.45) is 3.21. The molecule has 15 heavy (non-hydrogen) atoms. The third-order valence-electron chi connectivity index (χ3n) is 1.82. The molecule has 78 valence electrons. The predicted molar refractivity (Wildman–Crippen MR) is 61.2 cm³/mol. The molecule has 0 spiro atoms. The SMILES string of the molecule is CC(Nc1cc(Cl)ncn1)c1nccs1. The molecular weight excluding hydrogens is 232 g/mol. The van der Waals surface area contributed by atoms with Crippen LogP contribution in [0, 0.1) is 0 Å². The molecule has 0 saturated carbocycles. The molecule has 0 saturated heterocycles. The third kappa shape index (κ3) is 2.64. The topological polar surface area (TPSA) is 50.7 Å². The fourth-order valence-electron chi connectivity index (χ4n) is 1.14. The van der Waals surface area contributed by atoms with Crippen molar-refractivity contribution in [1.29, 1.82) is 0 Å². The first-order chi connectivity index (χ1) is 7.25. The van der Waals surface area contributed by atoms with Gasteiger partial charge in [-0.15, -0.1) is 11.3 Å². The number of aromatic nitrogens is 3. The Balaban J connectivity index is 2.09. The molecule has 2 aromatic rings. The average Bonchev–Trinajstić information content (AvgIpc) is 2.70. The maximum absolute atomic E-state index is 5.75. The van der Waals surface area contributed by atoms with E-state index >= 15 is 0 Å². The van der Waals surface area contributed by atoms with Crippen LogP contribution in [0.15, 0.2) is 24.0 Å². The first-order valence-electron chi connectivity index (χ1n) is 4.39. The highest BCUT2D eigenvalue weighted by Crippen LogP contribution is 2.20. The number of hydrogen-bond acceptors (Lipinski definition) is 5. The highest BCUT2D eigenvalue weighted by atomic mass is 35.5. The Morgan fingerprint density at radius 1 is 1.40 bits per heavy atom. The molecule has 4 nitrogen and oxygen atoms in total. The molecule has 0 aromatic carbocycles. The van der Waals surface area contributed by atoms with Gasteiger partial charge in [-0.3, -0.25) is 0 Å². The Morgan fingerprint density at radius 3 is 2.93 bits per heavy atom. The van der Waals surface area contributed by atoms with E-state index in [0.29, 0.717) is 11.0 Å². The lowest BCUT2D eigenvalue weighted by Gasteiger charge is -2.11. The fourth-order valence-corrected chi connectivity index (χ4v) is 1.94. The van der Waals surface area contributed by atoms with Gasteiger partial charge in [-0.1, -0.05) is 11.6 Å². The van der Waals surface area contributed by atoms with Gasteiger partial charge in [0.25, 0.3) is 0 Å². The summed E-state index contributed by atoms with van der Waals surface area (Å²) in [5.74, 6) is 0.706. The van der Waals surface area contributed by atoms with E-state index in [4.69, 9.17) is 11.6 Å². The van der Waals surface area contributed by atoms with E-state index in [-0.39, 0.29) is 6.04 Å². The summed E-state index contributed by atoms with van der Waals surface area (Å²) in [5, 5.41) is 6.59. The molecule has 1 atom stereocenters. The minimum absolute atomic E-state index is 0.121. The monoisotopic (exact) mass is 240 g/mol. The number of rotatable bonds is 3. The van der Waals surface area contributed by atoms with Gasteiger partial charge in [0.05, 0.1) is 6.04 Å². The van der Waals surface area contributed by atoms with Gasteiger partial charge in [0.15, 0.2) is 0 Å². The smallest absolute Gasteiger partial charge is 0.134 e. The van der Waals surface area contributed by atoms with Crippen LogP contribution in [-0.2, 0) is 0 Å². The summed E-state index contributed by atoms with van der Waals surface area (Å²) in [6, 6.07) is 1.81. The molecule has 0 bridgehead atoms. The van der Waals surface area contributed by atoms with E-state index in [1.54, 1.807) is 23.6 Å². The Hall–Kier alpha value is -1.20. The summed E-state index contributed by atoms with van der Waals surface area (Å²) in [7, 11) is 0. The largest absolute Gasteiger partial charge is 0.361 e. The summed E-state index contributed by atoms with van der Waals surface area (Å²) in [4.78, 5) is 12.1. The minimum Gasteiger partial charge on any atom is -0.361 e. The van der Waals surface area contributed by atoms with Crippen LogP contribution in [-0.4, -0.2) is 15.0 Å². The normalized spacial score (nSPS) is 12.4. The van der Waals surface area contributed by atoms with Crippen molar-refractivity contribution in [2.24, 2.45) is 0 Å². The van der Waals surface area contributed by atoms with Crippen molar-refractivity contribution in [3.63, 3.8) is 0 Å². The molecule has 0 aliphatic carbocycles. The van der Waals surface area contributed by atoms with Crippen LogP contribution in [0.3, 0.4) is 0 Å². The quantitative estimate of drug-likeness (QED) is 0.839. The zero-order valence-electron chi connectivity index (χ0n) is 8.01. The predicted octanol–water partition coefficient (Wildman–Crippen LogP) is 2.76. The van der Waals surface area contributed by atoms with Crippen molar-refractivity contribution in [2.75, 3.05) is 5.32 Å². The number of nitrogens with one attached hydrogen (secondary N) is 1. The summed E-state index contributed by atoms with van der Waals surface area (Å²) >= 11 is 7.35. The molecule has 0 amide bonds. The van der Waals surface area contributed by atoms with Crippen LogP contribution in [0.2, 0.25) is 5.15 Å². The van der Waals surface area contributed by atoms with Gasteiger partial charge in [0, 0.05) is 17.6 Å². The van der Waals surface area contributed by atoms with E-state index in [9.17, 15) is 0 Å². The highest BCUT2D eigenvalue weighted by Gasteiger charge is 2.08. The lowest BCUT2D eigenvalue weighted by atomic mass is 10.3. The van der Waals surface area contributed by atoms with Crippen LogP contribution in [0.1, 0.15) is 18.0 Å². The standard InChI is InChI=1S/C9H9ClN4S/c1-6(9-11-2-3-15-9)14-8-4-7(10)12-5-13-8/h2-6H,1H3,(H,12,13,14). The molecule has 0 aliphatic rings. The second kappa shape index (κ2) is 4.55. The Morgan fingerprint density at radius 2 is 2.27 bits per heavy atom. The minimum atomic E-state index is 0.121. The third-order valence-corrected chi connectivity index (χ3v) is 2.98. The van der Waals surface area contributed by atoms with Crippen molar-refractivity contribution < 1.29 is 0 Å². The molecular formula is C9H9ClN4S. The van der Waals surface area contributed by atoms with Crippen LogP contribution in [0.5, 0.6) is 0 Å². The number of thiazole rings is 1. The lowest BCUT2D eigenvalue weighted by molar-refractivity contribution is 0.858. The summed E-state index contributed by atoms with van der Waals surface area (Å²) in [5.41, 5.74) is 0. The van der Waals surface area contributed by atoms with E-state index < -0.39 is 0 Å². The molecule has 1 unspecified atom stereocenters. The lowest BCUT2D eigenvalue weighted by Crippen LogP contribution is -2.07. The van der Waals surface area contributed by atoms with Gasteiger partial charge in [0.2, 0.25) is 0 Å². The molecule has 1 N–H and O–H groups in total. The number of nitrogens with zero attached hydrogens (tertiary/aromatic N) is 3. The van der Waals surface area contributed by atoms with Gasteiger partial charge in [-0.25, -0.2) is 15.0 Å². The molecule has 2 rings (SSSR count). The van der Waals surface area contributed by atoms with Crippen molar-refractivity contribution in [1.82, 2.24) is 15.0 Å². The number of halogens is 1. The van der Waals surface area contributed by atoms with Gasteiger partial charge in [-0.05, 0) is 6.92 Å². The Kier molecular flexibility index (Phi) is 3.13. The molecule has 0 aliphatic heterocycles. The molecule has 2 aromatic heterocycles. The van der Waals surface area contributed by atoms with E-state index in [0.717, 1.165) is 5.01 Å². The van der Waals surface area contributed by atoms with Crippen LogP contribution >= 0.6 is 22.9 Å². The summed E-state index contributed by atoms with van der Waals surface area (Å²) < 4.78 is 0. The summed E-state index contributed by atoms with van der Waals surface area (Å²) in [6.45, 7) is 2.02. The first-order valence-corrected chi connectivity index (χ1v) is 5.65. The number of anilines is 1. The van der Waals surface area contributed by atoms with E-state index in [1.165, 1.54) is 6.33 Å². The van der Waals surface area contributed by atoms with Gasteiger partial charge < -0.3 is 5.32 Å². The van der Waals surface area contributed by atoms with Crippen LogP contribution < -0.4 is 5.32 Å². The van der Waals surface area contributed by atoms with Crippen LogP contribution in [0.25, 0.3) is 0 Å². The molecule has 2 heterocycles. The van der Waals surface area contributed by atoms with Crippen molar-refractivity contribution >= 4 is 28.8 Å².